The SMILES string of the molecule is Cc1cc(Nc2ccc3cnccc3c2N)cc(C)c1Br. The van der Waals surface area contributed by atoms with Crippen LogP contribution in [0.4, 0.5) is 17.1 Å². The van der Waals surface area contributed by atoms with Crippen molar-refractivity contribution in [2.45, 2.75) is 13.8 Å². The van der Waals surface area contributed by atoms with Crippen LogP contribution in [-0.4, -0.2) is 4.98 Å². The van der Waals surface area contributed by atoms with Crippen molar-refractivity contribution in [1.29, 1.82) is 0 Å². The van der Waals surface area contributed by atoms with Gasteiger partial charge in [-0.1, -0.05) is 22.0 Å². The summed E-state index contributed by atoms with van der Waals surface area (Å²) in [6.45, 7) is 4.16. The molecule has 0 unspecified atom stereocenters. The van der Waals surface area contributed by atoms with Gasteiger partial charge in [0.2, 0.25) is 0 Å². The van der Waals surface area contributed by atoms with Gasteiger partial charge in [0.1, 0.15) is 0 Å². The number of pyridine rings is 1. The summed E-state index contributed by atoms with van der Waals surface area (Å²) in [7, 11) is 0. The Morgan fingerprint density at radius 1 is 1.10 bits per heavy atom. The molecular weight excluding hydrogens is 326 g/mol. The van der Waals surface area contributed by atoms with Gasteiger partial charge >= 0.3 is 0 Å². The molecule has 0 aliphatic rings. The summed E-state index contributed by atoms with van der Waals surface area (Å²) in [5.41, 5.74) is 11.4. The van der Waals surface area contributed by atoms with Gasteiger partial charge in [-0.15, -0.1) is 0 Å². The molecule has 0 saturated heterocycles. The topological polar surface area (TPSA) is 50.9 Å². The zero-order valence-electron chi connectivity index (χ0n) is 11.9. The van der Waals surface area contributed by atoms with Gasteiger partial charge in [-0.05, 0) is 49.2 Å². The molecule has 2 aromatic carbocycles. The number of nitrogens with two attached hydrogens (primary N) is 1. The molecule has 0 amide bonds. The van der Waals surface area contributed by atoms with Crippen LogP contribution in [0.5, 0.6) is 0 Å². The first-order valence-corrected chi connectivity index (χ1v) is 7.51. The van der Waals surface area contributed by atoms with E-state index in [0.29, 0.717) is 0 Å². The van der Waals surface area contributed by atoms with Crippen LogP contribution in [0.25, 0.3) is 10.8 Å². The Kier molecular flexibility index (Phi) is 3.55. The third-order valence-electron chi connectivity index (χ3n) is 3.58. The molecule has 3 nitrogen and oxygen atoms in total. The summed E-state index contributed by atoms with van der Waals surface area (Å²) in [5, 5.41) is 5.47. The number of fused-ring (bicyclic) bond motifs is 1. The van der Waals surface area contributed by atoms with Crippen molar-refractivity contribution in [3.63, 3.8) is 0 Å². The lowest BCUT2D eigenvalue weighted by atomic mass is 10.1. The molecule has 0 spiro atoms. The third kappa shape index (κ3) is 2.59. The normalized spacial score (nSPS) is 10.8. The van der Waals surface area contributed by atoms with E-state index in [0.717, 1.165) is 32.3 Å². The van der Waals surface area contributed by atoms with Crippen molar-refractivity contribution in [3.8, 4) is 0 Å². The summed E-state index contributed by atoms with van der Waals surface area (Å²) in [4.78, 5) is 4.12. The lowest BCUT2D eigenvalue weighted by Gasteiger charge is -2.14. The molecule has 0 fully saturated rings. The van der Waals surface area contributed by atoms with E-state index in [1.807, 2.05) is 24.4 Å². The number of aryl methyl sites for hydroxylation is 2. The summed E-state index contributed by atoms with van der Waals surface area (Å²) >= 11 is 3.59. The number of halogens is 1. The van der Waals surface area contributed by atoms with Crippen molar-refractivity contribution in [2.75, 3.05) is 11.1 Å². The number of nitrogens with one attached hydrogen (secondary N) is 1. The van der Waals surface area contributed by atoms with E-state index in [4.69, 9.17) is 5.73 Å². The van der Waals surface area contributed by atoms with Crippen LogP contribution >= 0.6 is 15.9 Å². The Balaban J connectivity index is 2.04. The molecule has 3 rings (SSSR count). The van der Waals surface area contributed by atoms with Crippen molar-refractivity contribution < 1.29 is 0 Å². The zero-order chi connectivity index (χ0) is 15.0. The number of nitrogen functional groups attached to an aromatic ring is 1. The number of anilines is 3. The van der Waals surface area contributed by atoms with Crippen LogP contribution in [0.2, 0.25) is 0 Å². The molecular formula is C17H16BrN3. The zero-order valence-corrected chi connectivity index (χ0v) is 13.5. The van der Waals surface area contributed by atoms with Crippen molar-refractivity contribution in [2.24, 2.45) is 0 Å². The predicted molar refractivity (Wildman–Crippen MR) is 93.1 cm³/mol. The second-order valence-electron chi connectivity index (χ2n) is 5.17. The molecule has 0 saturated carbocycles. The third-order valence-corrected chi connectivity index (χ3v) is 4.83. The van der Waals surface area contributed by atoms with Gasteiger partial charge < -0.3 is 11.1 Å². The second kappa shape index (κ2) is 5.37. The van der Waals surface area contributed by atoms with Crippen LogP contribution in [0.1, 0.15) is 11.1 Å². The average Bonchev–Trinajstić information content (AvgIpc) is 2.48. The van der Waals surface area contributed by atoms with Gasteiger partial charge in [0.05, 0.1) is 11.4 Å². The number of hydrogen-bond donors (Lipinski definition) is 2. The van der Waals surface area contributed by atoms with Crippen molar-refractivity contribution in [1.82, 2.24) is 4.98 Å². The van der Waals surface area contributed by atoms with Gasteiger partial charge in [-0.2, -0.15) is 0 Å². The Morgan fingerprint density at radius 2 is 1.81 bits per heavy atom. The standard InChI is InChI=1S/C17H16BrN3/c1-10-7-13(8-11(2)16(10)18)21-15-4-3-12-9-20-6-5-14(12)17(15)19/h3-9,21H,19H2,1-2H3. The first kappa shape index (κ1) is 13.9. The maximum Gasteiger partial charge on any atom is 0.0634 e. The van der Waals surface area contributed by atoms with E-state index in [1.165, 1.54) is 11.1 Å². The Bertz CT molecular complexity index is 804. The fraction of sp³-hybridized carbons (Fsp3) is 0.118. The molecule has 0 aliphatic carbocycles. The van der Waals surface area contributed by atoms with Crippen LogP contribution in [0.15, 0.2) is 47.2 Å². The van der Waals surface area contributed by atoms with Crippen molar-refractivity contribution >= 4 is 43.8 Å². The second-order valence-corrected chi connectivity index (χ2v) is 5.97. The lowest BCUT2D eigenvalue weighted by molar-refractivity contribution is 1.33. The molecule has 0 atom stereocenters. The van der Waals surface area contributed by atoms with E-state index in [1.54, 1.807) is 6.20 Å². The molecule has 3 N–H and O–H groups in total. The minimum Gasteiger partial charge on any atom is -0.397 e. The highest BCUT2D eigenvalue weighted by Crippen LogP contribution is 2.32. The van der Waals surface area contributed by atoms with E-state index >= 15 is 0 Å². The smallest absolute Gasteiger partial charge is 0.0634 e. The molecule has 0 aliphatic heterocycles. The molecule has 0 bridgehead atoms. The van der Waals surface area contributed by atoms with Crippen LogP contribution in [0, 0.1) is 13.8 Å². The van der Waals surface area contributed by atoms with Gasteiger partial charge in [-0.25, -0.2) is 0 Å². The quantitative estimate of drug-likeness (QED) is 0.649. The van der Waals surface area contributed by atoms with Gasteiger partial charge in [0, 0.05) is 33.3 Å². The summed E-state index contributed by atoms with van der Waals surface area (Å²) in [6, 6.07) is 10.2. The predicted octanol–water partition coefficient (Wildman–Crippen LogP) is 4.94. The van der Waals surface area contributed by atoms with Crippen LogP contribution in [0.3, 0.4) is 0 Å². The number of hydrogen-bond acceptors (Lipinski definition) is 3. The first-order valence-electron chi connectivity index (χ1n) is 6.72. The van der Waals surface area contributed by atoms with Gasteiger partial charge in [0.25, 0.3) is 0 Å². The van der Waals surface area contributed by atoms with Crippen LogP contribution < -0.4 is 11.1 Å². The summed E-state index contributed by atoms with van der Waals surface area (Å²) < 4.78 is 1.14. The maximum absolute atomic E-state index is 6.27. The lowest BCUT2D eigenvalue weighted by Crippen LogP contribution is -1.98. The van der Waals surface area contributed by atoms with Crippen molar-refractivity contribution in [3.05, 3.63) is 58.3 Å². The Hall–Kier alpha value is -2.07. The van der Waals surface area contributed by atoms with Gasteiger partial charge in [0.15, 0.2) is 0 Å². The monoisotopic (exact) mass is 341 g/mol. The highest BCUT2D eigenvalue weighted by Gasteiger charge is 2.07. The number of benzene rings is 2. The fourth-order valence-corrected chi connectivity index (χ4v) is 2.70. The maximum atomic E-state index is 6.27. The Morgan fingerprint density at radius 3 is 2.52 bits per heavy atom. The van der Waals surface area contributed by atoms with E-state index in [-0.39, 0.29) is 0 Å². The summed E-state index contributed by atoms with van der Waals surface area (Å²) in [5.74, 6) is 0. The number of rotatable bonds is 2. The summed E-state index contributed by atoms with van der Waals surface area (Å²) in [6.07, 6.45) is 3.58. The van der Waals surface area contributed by atoms with E-state index in [2.05, 4.69) is 52.2 Å². The molecule has 4 heteroatoms. The molecule has 21 heavy (non-hydrogen) atoms. The van der Waals surface area contributed by atoms with E-state index in [9.17, 15) is 0 Å². The molecule has 3 aromatic rings. The Labute approximate surface area is 132 Å². The first-order chi connectivity index (χ1) is 10.1. The van der Waals surface area contributed by atoms with Gasteiger partial charge in [-0.3, -0.25) is 4.98 Å². The van der Waals surface area contributed by atoms with Crippen LogP contribution in [-0.2, 0) is 0 Å². The van der Waals surface area contributed by atoms with E-state index < -0.39 is 0 Å². The average molecular weight is 342 g/mol. The number of nitrogens with zero attached hydrogens (tertiary/aromatic N) is 1. The highest BCUT2D eigenvalue weighted by molar-refractivity contribution is 9.10. The highest BCUT2D eigenvalue weighted by atomic mass is 79.9. The molecule has 1 aromatic heterocycles. The fourth-order valence-electron chi connectivity index (χ4n) is 2.48. The molecule has 0 radical (unpaired) electrons. The number of aromatic nitrogens is 1. The molecule has 106 valence electrons. The molecule has 1 heterocycles. The minimum atomic E-state index is 0.744. The minimum absolute atomic E-state index is 0.744. The largest absolute Gasteiger partial charge is 0.397 e.